The highest BCUT2D eigenvalue weighted by Gasteiger charge is 2.21. The molecule has 1 aliphatic carbocycles. The molecule has 4 N–H and O–H groups in total. The number of anilines is 1. The quantitative estimate of drug-likeness (QED) is 0.541. The molecule has 0 bridgehead atoms. The molecule has 8 nitrogen and oxygen atoms in total. The molecular formula is C17H19N3O5S. The smallest absolute Gasteiger partial charge is 0.293 e. The molecular weight excluding hydrogens is 358 g/mol. The summed E-state index contributed by atoms with van der Waals surface area (Å²) in [5.41, 5.74) is 2.75. The van der Waals surface area contributed by atoms with Gasteiger partial charge in [-0.05, 0) is 55.0 Å². The molecule has 0 saturated heterocycles. The van der Waals surface area contributed by atoms with E-state index in [1.54, 1.807) is 6.07 Å². The van der Waals surface area contributed by atoms with E-state index in [1.165, 1.54) is 17.7 Å². The highest BCUT2D eigenvalue weighted by Crippen LogP contribution is 2.33. The lowest BCUT2D eigenvalue weighted by molar-refractivity contribution is -0.384. The third-order valence-corrected chi connectivity index (χ3v) is 5.49. The first-order valence-electron chi connectivity index (χ1n) is 8.15. The summed E-state index contributed by atoms with van der Waals surface area (Å²) in [6.07, 6.45) is 3.94. The zero-order chi connectivity index (χ0) is 18.9. The Hall–Kier alpha value is -2.65. The van der Waals surface area contributed by atoms with Crippen molar-refractivity contribution in [1.29, 1.82) is 0 Å². The van der Waals surface area contributed by atoms with Crippen LogP contribution in [0, 0.1) is 10.1 Å². The molecule has 0 heterocycles. The Kier molecular flexibility index (Phi) is 4.84. The number of phenols is 1. The summed E-state index contributed by atoms with van der Waals surface area (Å²) in [4.78, 5) is 10.3. The fraction of sp³-hybridized carbons (Fsp3) is 0.294. The summed E-state index contributed by atoms with van der Waals surface area (Å²) in [5.74, 6) is 0.141. The van der Waals surface area contributed by atoms with E-state index in [0.29, 0.717) is 5.56 Å². The van der Waals surface area contributed by atoms with Gasteiger partial charge in [-0.3, -0.25) is 10.1 Å². The minimum absolute atomic E-state index is 0.141. The van der Waals surface area contributed by atoms with E-state index in [0.717, 1.165) is 37.3 Å². The zero-order valence-corrected chi connectivity index (χ0v) is 14.8. The predicted molar refractivity (Wildman–Crippen MR) is 96.5 cm³/mol. The Morgan fingerprint density at radius 2 is 1.92 bits per heavy atom. The maximum atomic E-state index is 11.4. The van der Waals surface area contributed by atoms with Crippen molar-refractivity contribution >= 4 is 21.4 Å². The Balaban J connectivity index is 1.92. The van der Waals surface area contributed by atoms with Gasteiger partial charge in [-0.2, -0.15) is 0 Å². The molecule has 0 spiro atoms. The third kappa shape index (κ3) is 3.63. The van der Waals surface area contributed by atoms with Gasteiger partial charge in [0.15, 0.2) is 0 Å². The van der Waals surface area contributed by atoms with Crippen LogP contribution >= 0.6 is 0 Å². The number of primary sulfonamides is 1. The van der Waals surface area contributed by atoms with Gasteiger partial charge in [0, 0.05) is 18.2 Å². The van der Waals surface area contributed by atoms with Gasteiger partial charge < -0.3 is 10.4 Å². The number of aromatic hydroxyl groups is 1. The van der Waals surface area contributed by atoms with Crippen LogP contribution in [0.4, 0.5) is 11.4 Å². The third-order valence-electron chi connectivity index (χ3n) is 4.58. The summed E-state index contributed by atoms with van der Waals surface area (Å²) in [6.45, 7) is 0.199. The number of hydrogen-bond donors (Lipinski definition) is 3. The number of sulfonamides is 1. The molecule has 138 valence electrons. The van der Waals surface area contributed by atoms with Gasteiger partial charge in [-0.1, -0.05) is 6.07 Å². The first kappa shape index (κ1) is 18.2. The van der Waals surface area contributed by atoms with Crippen LogP contribution < -0.4 is 10.5 Å². The first-order chi connectivity index (χ1) is 12.3. The molecule has 0 unspecified atom stereocenters. The number of benzene rings is 2. The van der Waals surface area contributed by atoms with Gasteiger partial charge in [0.05, 0.1) is 9.82 Å². The summed E-state index contributed by atoms with van der Waals surface area (Å²) in [6, 6.07) is 7.00. The van der Waals surface area contributed by atoms with Crippen LogP contribution in [0.5, 0.6) is 5.75 Å². The van der Waals surface area contributed by atoms with Crippen molar-refractivity contribution in [2.24, 2.45) is 5.14 Å². The number of nitrogens with two attached hydrogens (primary N) is 1. The number of hydrogen-bond acceptors (Lipinski definition) is 6. The SMILES string of the molecule is NS(=O)(=O)c1ccc(NCc2c(O)ccc3c2CCCC3)c([N+](=O)[O-])c1. The van der Waals surface area contributed by atoms with Crippen LogP contribution in [-0.4, -0.2) is 18.4 Å². The highest BCUT2D eigenvalue weighted by molar-refractivity contribution is 7.89. The summed E-state index contributed by atoms with van der Waals surface area (Å²) >= 11 is 0. The number of fused-ring (bicyclic) bond motifs is 1. The second-order valence-electron chi connectivity index (χ2n) is 6.24. The Labute approximate surface area is 150 Å². The van der Waals surface area contributed by atoms with Crippen molar-refractivity contribution in [1.82, 2.24) is 0 Å². The van der Waals surface area contributed by atoms with Crippen molar-refractivity contribution in [3.63, 3.8) is 0 Å². The second kappa shape index (κ2) is 6.93. The molecule has 0 amide bonds. The van der Waals surface area contributed by atoms with Crippen LogP contribution in [0.3, 0.4) is 0 Å². The van der Waals surface area contributed by atoms with Crippen LogP contribution in [0.2, 0.25) is 0 Å². The maximum absolute atomic E-state index is 11.4. The molecule has 0 fully saturated rings. The van der Waals surface area contributed by atoms with Crippen molar-refractivity contribution in [3.05, 3.63) is 57.1 Å². The molecule has 0 radical (unpaired) electrons. The molecule has 9 heteroatoms. The normalized spacial score (nSPS) is 13.9. The monoisotopic (exact) mass is 377 g/mol. The van der Waals surface area contributed by atoms with Gasteiger partial charge in [-0.15, -0.1) is 0 Å². The largest absolute Gasteiger partial charge is 0.508 e. The van der Waals surface area contributed by atoms with E-state index in [2.05, 4.69) is 5.32 Å². The lowest BCUT2D eigenvalue weighted by atomic mass is 9.87. The van der Waals surface area contributed by atoms with E-state index in [4.69, 9.17) is 5.14 Å². The summed E-state index contributed by atoms with van der Waals surface area (Å²) in [7, 11) is -4.03. The number of nitro groups is 1. The Bertz CT molecular complexity index is 973. The van der Waals surface area contributed by atoms with Crippen LogP contribution in [-0.2, 0) is 29.4 Å². The molecule has 3 rings (SSSR count). The number of nitro benzene ring substituents is 1. The van der Waals surface area contributed by atoms with E-state index in [-0.39, 0.29) is 28.6 Å². The van der Waals surface area contributed by atoms with Crippen LogP contribution in [0.25, 0.3) is 0 Å². The average Bonchev–Trinajstić information content (AvgIpc) is 2.60. The van der Waals surface area contributed by atoms with E-state index in [1.807, 2.05) is 6.07 Å². The number of rotatable bonds is 5. The summed E-state index contributed by atoms with van der Waals surface area (Å²) < 4.78 is 22.8. The van der Waals surface area contributed by atoms with Gasteiger partial charge in [-0.25, -0.2) is 13.6 Å². The lowest BCUT2D eigenvalue weighted by Gasteiger charge is -2.21. The molecule has 2 aromatic rings. The fourth-order valence-electron chi connectivity index (χ4n) is 3.26. The Morgan fingerprint density at radius 3 is 2.62 bits per heavy atom. The van der Waals surface area contributed by atoms with E-state index in [9.17, 15) is 23.6 Å². The molecule has 2 aromatic carbocycles. The van der Waals surface area contributed by atoms with E-state index >= 15 is 0 Å². The van der Waals surface area contributed by atoms with Gasteiger partial charge >= 0.3 is 0 Å². The molecule has 0 atom stereocenters. The molecule has 26 heavy (non-hydrogen) atoms. The second-order valence-corrected chi connectivity index (χ2v) is 7.80. The zero-order valence-electron chi connectivity index (χ0n) is 13.9. The number of phenolic OH excluding ortho intramolecular Hbond substituents is 1. The topological polar surface area (TPSA) is 136 Å². The fourth-order valence-corrected chi connectivity index (χ4v) is 3.80. The predicted octanol–water partition coefficient (Wildman–Crippen LogP) is 2.44. The van der Waals surface area contributed by atoms with Crippen molar-refractivity contribution in [2.75, 3.05) is 5.32 Å². The minimum atomic E-state index is -4.03. The molecule has 0 aromatic heterocycles. The summed E-state index contributed by atoms with van der Waals surface area (Å²) in [5, 5.41) is 29.5. The molecule has 0 saturated carbocycles. The minimum Gasteiger partial charge on any atom is -0.508 e. The van der Waals surface area contributed by atoms with Crippen molar-refractivity contribution in [2.45, 2.75) is 37.1 Å². The van der Waals surface area contributed by atoms with Gasteiger partial charge in [0.25, 0.3) is 5.69 Å². The van der Waals surface area contributed by atoms with Gasteiger partial charge in [0.2, 0.25) is 10.0 Å². The average molecular weight is 377 g/mol. The van der Waals surface area contributed by atoms with Crippen molar-refractivity contribution in [3.8, 4) is 5.75 Å². The standard InChI is InChI=1S/C17H19N3O5S/c18-26(24,25)12-6-7-15(16(9-12)20(22)23)19-10-14-13-4-2-1-3-11(13)5-8-17(14)21/h5-9,19,21H,1-4,10H2,(H2,18,24,25). The maximum Gasteiger partial charge on any atom is 0.293 e. The number of nitrogens with one attached hydrogen (secondary N) is 1. The molecule has 0 aliphatic heterocycles. The Morgan fingerprint density at radius 1 is 1.19 bits per heavy atom. The van der Waals surface area contributed by atoms with Gasteiger partial charge in [0.1, 0.15) is 11.4 Å². The first-order valence-corrected chi connectivity index (χ1v) is 9.69. The lowest BCUT2D eigenvalue weighted by Crippen LogP contribution is -2.13. The molecule has 1 aliphatic rings. The van der Waals surface area contributed by atoms with E-state index < -0.39 is 14.9 Å². The van der Waals surface area contributed by atoms with Crippen LogP contribution in [0.15, 0.2) is 35.2 Å². The number of nitrogens with zero attached hydrogens (tertiary/aromatic N) is 1. The highest BCUT2D eigenvalue weighted by atomic mass is 32.2. The van der Waals surface area contributed by atoms with Crippen molar-refractivity contribution < 1.29 is 18.4 Å². The van der Waals surface area contributed by atoms with Crippen LogP contribution in [0.1, 0.15) is 29.5 Å². The number of aryl methyl sites for hydroxylation is 1.